The summed E-state index contributed by atoms with van der Waals surface area (Å²) in [6.45, 7) is 2.93. The number of fused-ring (bicyclic) bond motifs is 6. The number of carboxylic acid groups (broad SMARTS) is 1. The number of carbonyl (C=O) groups is 2. The molecule has 3 aliphatic rings. The first-order chi connectivity index (χ1) is 20.9. The lowest BCUT2D eigenvalue weighted by Gasteiger charge is -2.40. The summed E-state index contributed by atoms with van der Waals surface area (Å²) >= 11 is 0. The zero-order valence-electron chi connectivity index (χ0n) is 24.5. The predicted molar refractivity (Wildman–Crippen MR) is 163 cm³/mol. The molecular formula is C35H36N2O6. The smallest absolute Gasteiger partial charge is 0.326 e. The largest absolute Gasteiger partial charge is 0.508 e. The molecule has 2 atom stereocenters. The lowest BCUT2D eigenvalue weighted by molar-refractivity contribution is -0.143. The SMILES string of the molecule is COc1ccc2c(c1)OCCn1c-2c(C2CCCCC2)c2ccc(C(=O)N3C(C(=O)O)Cc4ccc(O)cc4[C@@H]3C)cc21. The standard InChI is InChI=1S/C35H36N2O6/c1-20-28-18-24(38)10-8-22(28)16-30(35(40)41)37(20)34(39)23-9-12-26-29(17-23)36-14-15-43-31-19-25(42-2)11-13-27(31)33(36)32(26)21-6-4-3-5-7-21/h8-13,17-21,30,38H,3-7,14-16H2,1-2H3,(H,40,41)/t20-,30?/m0/s1. The van der Waals surface area contributed by atoms with Crippen molar-refractivity contribution in [3.8, 4) is 28.5 Å². The highest BCUT2D eigenvalue weighted by Crippen LogP contribution is 2.48. The van der Waals surface area contributed by atoms with Crippen molar-refractivity contribution in [2.75, 3.05) is 13.7 Å². The van der Waals surface area contributed by atoms with Crippen molar-refractivity contribution in [3.05, 3.63) is 76.9 Å². The van der Waals surface area contributed by atoms with Crippen molar-refractivity contribution < 1.29 is 29.3 Å². The van der Waals surface area contributed by atoms with Gasteiger partial charge in [0.25, 0.3) is 5.91 Å². The molecule has 0 bridgehead atoms. The fourth-order valence-corrected chi connectivity index (χ4v) is 7.58. The first-order valence-corrected chi connectivity index (χ1v) is 15.2. The zero-order valence-corrected chi connectivity index (χ0v) is 24.5. The number of methoxy groups -OCH3 is 1. The number of rotatable bonds is 4. The van der Waals surface area contributed by atoms with Crippen LogP contribution in [0.1, 0.15) is 78.0 Å². The van der Waals surface area contributed by atoms with Gasteiger partial charge in [0.15, 0.2) is 0 Å². The van der Waals surface area contributed by atoms with Gasteiger partial charge in [0.2, 0.25) is 0 Å². The second-order valence-electron chi connectivity index (χ2n) is 12.0. The highest BCUT2D eigenvalue weighted by Gasteiger charge is 2.40. The number of hydrogen-bond acceptors (Lipinski definition) is 5. The molecule has 1 amide bonds. The van der Waals surface area contributed by atoms with Crippen LogP contribution in [-0.4, -0.2) is 51.3 Å². The van der Waals surface area contributed by atoms with Crippen molar-refractivity contribution in [1.29, 1.82) is 0 Å². The number of phenolic OH excluding ortho intramolecular Hbond substituents is 1. The number of aromatic hydroxyl groups is 1. The molecule has 7 rings (SSSR count). The maximum absolute atomic E-state index is 14.2. The number of carboxylic acids is 1. The number of benzene rings is 3. The fraction of sp³-hybridized carbons (Fsp3) is 0.371. The van der Waals surface area contributed by atoms with Crippen LogP contribution in [0.5, 0.6) is 17.2 Å². The van der Waals surface area contributed by atoms with E-state index in [1.165, 1.54) is 29.7 Å². The summed E-state index contributed by atoms with van der Waals surface area (Å²) < 4.78 is 14.0. The third-order valence-corrected chi connectivity index (χ3v) is 9.65. The fourth-order valence-electron chi connectivity index (χ4n) is 7.58. The molecular weight excluding hydrogens is 544 g/mol. The number of aliphatic carboxylic acids is 1. The van der Waals surface area contributed by atoms with Gasteiger partial charge in [-0.05, 0) is 78.8 Å². The molecule has 1 fully saturated rings. The Morgan fingerprint density at radius 1 is 1.00 bits per heavy atom. The van der Waals surface area contributed by atoms with Crippen LogP contribution in [0.4, 0.5) is 0 Å². The molecule has 1 aromatic heterocycles. The second kappa shape index (κ2) is 10.7. The summed E-state index contributed by atoms with van der Waals surface area (Å²) in [6.07, 6.45) is 6.07. The van der Waals surface area contributed by atoms with Gasteiger partial charge >= 0.3 is 5.97 Å². The minimum atomic E-state index is -1.04. The van der Waals surface area contributed by atoms with E-state index in [-0.39, 0.29) is 18.1 Å². The number of amides is 1. The van der Waals surface area contributed by atoms with E-state index in [0.29, 0.717) is 24.6 Å². The molecule has 43 heavy (non-hydrogen) atoms. The molecule has 1 aliphatic carbocycles. The minimum Gasteiger partial charge on any atom is -0.508 e. The van der Waals surface area contributed by atoms with Gasteiger partial charge in [-0.1, -0.05) is 31.4 Å². The van der Waals surface area contributed by atoms with E-state index >= 15 is 0 Å². The van der Waals surface area contributed by atoms with Gasteiger partial charge in [-0.2, -0.15) is 0 Å². The summed E-state index contributed by atoms with van der Waals surface area (Å²) in [7, 11) is 1.65. The quantitative estimate of drug-likeness (QED) is 0.279. The van der Waals surface area contributed by atoms with Crippen molar-refractivity contribution in [3.63, 3.8) is 0 Å². The number of carbonyl (C=O) groups excluding carboxylic acids is 1. The summed E-state index contributed by atoms with van der Waals surface area (Å²) in [5.41, 5.74) is 6.49. The summed E-state index contributed by atoms with van der Waals surface area (Å²) in [5.74, 6) is 0.668. The Balaban J connectivity index is 1.38. The Morgan fingerprint density at radius 3 is 2.58 bits per heavy atom. The van der Waals surface area contributed by atoms with Crippen molar-refractivity contribution >= 4 is 22.8 Å². The molecule has 1 saturated carbocycles. The molecule has 3 heterocycles. The summed E-state index contributed by atoms with van der Waals surface area (Å²) in [4.78, 5) is 28.1. The maximum Gasteiger partial charge on any atom is 0.326 e. The van der Waals surface area contributed by atoms with E-state index in [2.05, 4.69) is 16.7 Å². The van der Waals surface area contributed by atoms with Crippen LogP contribution in [-0.2, 0) is 17.8 Å². The first-order valence-electron chi connectivity index (χ1n) is 15.2. The third-order valence-electron chi connectivity index (χ3n) is 9.65. The van der Waals surface area contributed by atoms with Crippen LogP contribution in [0.2, 0.25) is 0 Å². The molecule has 0 saturated heterocycles. The van der Waals surface area contributed by atoms with Gasteiger partial charge in [0, 0.05) is 34.5 Å². The second-order valence-corrected chi connectivity index (χ2v) is 12.0. The molecule has 1 unspecified atom stereocenters. The molecule has 3 aromatic carbocycles. The molecule has 222 valence electrons. The summed E-state index contributed by atoms with van der Waals surface area (Å²) in [6, 6.07) is 15.3. The average Bonchev–Trinajstić information content (AvgIpc) is 3.22. The summed E-state index contributed by atoms with van der Waals surface area (Å²) in [5, 5.41) is 21.5. The van der Waals surface area contributed by atoms with E-state index in [9.17, 15) is 19.8 Å². The molecule has 0 radical (unpaired) electrons. The molecule has 2 N–H and O–H groups in total. The number of hydrogen-bond donors (Lipinski definition) is 2. The molecule has 8 nitrogen and oxygen atoms in total. The highest BCUT2D eigenvalue weighted by molar-refractivity contribution is 6.02. The Labute approximate surface area is 250 Å². The predicted octanol–water partition coefficient (Wildman–Crippen LogP) is 6.68. The Kier molecular flexibility index (Phi) is 6.79. The Bertz CT molecular complexity index is 1750. The topological polar surface area (TPSA) is 101 Å². The molecule has 0 spiro atoms. The number of phenols is 1. The Morgan fingerprint density at radius 2 is 1.81 bits per heavy atom. The van der Waals surface area contributed by atoms with Crippen LogP contribution < -0.4 is 9.47 Å². The Hall–Kier alpha value is -4.46. The van der Waals surface area contributed by atoms with E-state index in [1.54, 1.807) is 25.3 Å². The van der Waals surface area contributed by atoms with E-state index < -0.39 is 18.1 Å². The average molecular weight is 581 g/mol. The van der Waals surface area contributed by atoms with E-state index in [1.807, 2.05) is 31.2 Å². The normalized spacial score (nSPS) is 20.0. The lowest BCUT2D eigenvalue weighted by atomic mass is 9.81. The monoisotopic (exact) mass is 580 g/mol. The van der Waals surface area contributed by atoms with Crippen molar-refractivity contribution in [2.24, 2.45) is 0 Å². The minimum absolute atomic E-state index is 0.0967. The zero-order chi connectivity index (χ0) is 29.8. The molecule has 8 heteroatoms. The van der Waals surface area contributed by atoms with Crippen molar-refractivity contribution in [2.45, 2.75) is 70.0 Å². The van der Waals surface area contributed by atoms with Gasteiger partial charge in [-0.25, -0.2) is 4.79 Å². The number of nitrogens with zero attached hydrogens (tertiary/aromatic N) is 2. The third kappa shape index (κ3) is 4.51. The number of aromatic nitrogens is 1. The number of ether oxygens (including phenoxy) is 2. The lowest BCUT2D eigenvalue weighted by Crippen LogP contribution is -2.50. The van der Waals surface area contributed by atoms with Crippen LogP contribution in [0, 0.1) is 0 Å². The van der Waals surface area contributed by atoms with Gasteiger partial charge in [-0.3, -0.25) is 4.79 Å². The van der Waals surface area contributed by atoms with Crippen LogP contribution in [0.3, 0.4) is 0 Å². The molecule has 4 aromatic rings. The van der Waals surface area contributed by atoms with Crippen LogP contribution >= 0.6 is 0 Å². The van der Waals surface area contributed by atoms with Gasteiger partial charge in [-0.15, -0.1) is 0 Å². The van der Waals surface area contributed by atoms with E-state index in [4.69, 9.17) is 9.47 Å². The first kappa shape index (κ1) is 27.4. The highest BCUT2D eigenvalue weighted by atomic mass is 16.5. The van der Waals surface area contributed by atoms with Gasteiger partial charge in [0.1, 0.15) is 29.9 Å². The van der Waals surface area contributed by atoms with Crippen molar-refractivity contribution in [1.82, 2.24) is 9.47 Å². The van der Waals surface area contributed by atoms with Crippen LogP contribution in [0.25, 0.3) is 22.2 Å². The van der Waals surface area contributed by atoms with Gasteiger partial charge in [0.05, 0.1) is 25.4 Å². The van der Waals surface area contributed by atoms with E-state index in [0.717, 1.165) is 57.6 Å². The van der Waals surface area contributed by atoms with Crippen LogP contribution in [0.15, 0.2) is 54.6 Å². The van der Waals surface area contributed by atoms with Gasteiger partial charge < -0.3 is 29.2 Å². The maximum atomic E-state index is 14.2. The molecule has 2 aliphatic heterocycles.